The van der Waals surface area contributed by atoms with E-state index in [1.807, 2.05) is 12.1 Å². The number of benzene rings is 2. The topological polar surface area (TPSA) is 32.8 Å². The van der Waals surface area contributed by atoms with E-state index in [-0.39, 0.29) is 5.97 Å². The number of fused-ring (bicyclic) bond motifs is 1. The number of carbonyl (C=O) groups is 1. The first-order chi connectivity index (χ1) is 13.4. The van der Waals surface area contributed by atoms with Gasteiger partial charge in [0.2, 0.25) is 0 Å². The molecule has 0 aromatic heterocycles. The summed E-state index contributed by atoms with van der Waals surface area (Å²) in [6.07, 6.45) is -0.406. The molecule has 1 aliphatic rings. The quantitative estimate of drug-likeness (QED) is 0.566. The molecule has 2 aromatic rings. The van der Waals surface area contributed by atoms with E-state index in [9.17, 15) is 4.79 Å². The molecule has 1 aliphatic heterocycles. The van der Waals surface area contributed by atoms with Crippen molar-refractivity contribution in [2.24, 2.45) is 0 Å². The Morgan fingerprint density at radius 2 is 1.57 bits per heavy atom. The fraction of sp³-hybridized carbons (Fsp3) is 0.435. The highest BCUT2D eigenvalue weighted by Gasteiger charge is 2.34. The molecule has 0 radical (unpaired) electrons. The van der Waals surface area contributed by atoms with Crippen molar-refractivity contribution in [3.63, 3.8) is 0 Å². The van der Waals surface area contributed by atoms with Crippen LogP contribution in [0.5, 0.6) is 0 Å². The lowest BCUT2D eigenvalue weighted by Gasteiger charge is -2.24. The third-order valence-electron chi connectivity index (χ3n) is 5.61. The number of rotatable bonds is 7. The van der Waals surface area contributed by atoms with Crippen LogP contribution in [0.1, 0.15) is 60.8 Å². The van der Waals surface area contributed by atoms with Crippen LogP contribution in [0.2, 0.25) is 5.02 Å². The fourth-order valence-electron chi connectivity index (χ4n) is 3.98. The zero-order valence-corrected chi connectivity index (χ0v) is 18.1. The molecule has 28 heavy (non-hydrogen) atoms. The molecule has 0 N–H and O–H groups in total. The Labute approximate surface area is 173 Å². The van der Waals surface area contributed by atoms with E-state index in [2.05, 4.69) is 62.6 Å². The Morgan fingerprint density at radius 3 is 2.14 bits per heavy atom. The van der Waals surface area contributed by atoms with Crippen molar-refractivity contribution in [1.82, 2.24) is 0 Å². The van der Waals surface area contributed by atoms with E-state index < -0.39 is 6.10 Å². The second-order valence-corrected chi connectivity index (χ2v) is 7.47. The third-order valence-corrected chi connectivity index (χ3v) is 5.92. The molecular weight excluding hydrogens is 372 g/mol. The van der Waals surface area contributed by atoms with Gasteiger partial charge >= 0.3 is 5.97 Å². The molecule has 1 atom stereocenters. The van der Waals surface area contributed by atoms with Crippen molar-refractivity contribution >= 4 is 28.9 Å². The molecule has 0 fully saturated rings. The van der Waals surface area contributed by atoms with Gasteiger partial charge in [0.05, 0.1) is 16.3 Å². The van der Waals surface area contributed by atoms with Crippen molar-refractivity contribution in [2.45, 2.75) is 40.7 Å². The zero-order valence-electron chi connectivity index (χ0n) is 17.4. The van der Waals surface area contributed by atoms with Gasteiger partial charge in [-0.05, 0) is 64.4 Å². The second-order valence-electron chi connectivity index (χ2n) is 7.06. The van der Waals surface area contributed by atoms with E-state index in [0.717, 1.165) is 48.6 Å². The minimum Gasteiger partial charge on any atom is -0.449 e. The predicted molar refractivity (Wildman–Crippen MR) is 117 cm³/mol. The number of hydrogen-bond acceptors (Lipinski definition) is 4. The summed E-state index contributed by atoms with van der Waals surface area (Å²) in [5, 5.41) is 0.656. The van der Waals surface area contributed by atoms with Crippen molar-refractivity contribution in [3.05, 3.63) is 57.6 Å². The standard InChI is InChI=1S/C23H29ClN2O2/c1-6-25(7-2)16-10-11-17(15(5)12-16)22-18-13-20(24)21(26(8-3)9-4)14-19(18)23(27)28-22/h10-14,22H,6-9H2,1-5H3. The zero-order chi connectivity index (χ0) is 20.4. The van der Waals surface area contributed by atoms with Gasteiger partial charge in [-0.15, -0.1) is 0 Å². The number of cyclic esters (lactones) is 1. The van der Waals surface area contributed by atoms with Gasteiger partial charge in [0.1, 0.15) is 0 Å². The Balaban J connectivity index is 2.02. The summed E-state index contributed by atoms with van der Waals surface area (Å²) in [4.78, 5) is 17.0. The van der Waals surface area contributed by atoms with Crippen LogP contribution in [0.15, 0.2) is 30.3 Å². The van der Waals surface area contributed by atoms with Crippen molar-refractivity contribution in [2.75, 3.05) is 36.0 Å². The smallest absolute Gasteiger partial charge is 0.339 e. The lowest BCUT2D eigenvalue weighted by atomic mass is 9.95. The summed E-state index contributed by atoms with van der Waals surface area (Å²) in [6, 6.07) is 10.1. The lowest BCUT2D eigenvalue weighted by Crippen LogP contribution is -2.22. The van der Waals surface area contributed by atoms with Gasteiger partial charge in [-0.3, -0.25) is 0 Å². The van der Waals surface area contributed by atoms with Crippen LogP contribution in [-0.2, 0) is 4.74 Å². The molecule has 0 saturated heterocycles. The lowest BCUT2D eigenvalue weighted by molar-refractivity contribution is 0.0455. The van der Waals surface area contributed by atoms with Crippen LogP contribution in [-0.4, -0.2) is 32.1 Å². The maximum absolute atomic E-state index is 12.6. The van der Waals surface area contributed by atoms with E-state index >= 15 is 0 Å². The van der Waals surface area contributed by atoms with Gasteiger partial charge in [-0.25, -0.2) is 4.79 Å². The molecule has 1 heterocycles. The van der Waals surface area contributed by atoms with E-state index in [0.29, 0.717) is 10.6 Å². The number of aryl methyl sites for hydroxylation is 1. The molecular formula is C23H29ClN2O2. The predicted octanol–water partition coefficient (Wildman–Crippen LogP) is 5.60. The molecule has 3 rings (SSSR count). The first-order valence-electron chi connectivity index (χ1n) is 10.1. The number of ether oxygens (including phenoxy) is 1. The summed E-state index contributed by atoms with van der Waals surface area (Å²) in [5.74, 6) is -0.280. The summed E-state index contributed by atoms with van der Waals surface area (Å²) < 4.78 is 5.78. The normalized spacial score (nSPS) is 15.4. The van der Waals surface area contributed by atoms with Crippen LogP contribution in [0.3, 0.4) is 0 Å². The monoisotopic (exact) mass is 400 g/mol. The Kier molecular flexibility index (Phi) is 6.19. The average molecular weight is 401 g/mol. The molecule has 4 nitrogen and oxygen atoms in total. The van der Waals surface area contributed by atoms with Crippen LogP contribution >= 0.6 is 11.6 Å². The van der Waals surface area contributed by atoms with Gasteiger partial charge in [0, 0.05) is 43.0 Å². The Hall–Kier alpha value is -2.20. The fourth-order valence-corrected chi connectivity index (χ4v) is 4.27. The molecule has 0 amide bonds. The van der Waals surface area contributed by atoms with Crippen LogP contribution in [0.25, 0.3) is 0 Å². The Morgan fingerprint density at radius 1 is 0.929 bits per heavy atom. The number of nitrogens with zero attached hydrogens (tertiary/aromatic N) is 2. The van der Waals surface area contributed by atoms with Crippen LogP contribution in [0, 0.1) is 6.92 Å². The van der Waals surface area contributed by atoms with E-state index in [1.165, 1.54) is 5.69 Å². The van der Waals surface area contributed by atoms with Crippen molar-refractivity contribution < 1.29 is 9.53 Å². The summed E-state index contributed by atoms with van der Waals surface area (Å²) in [7, 11) is 0. The first kappa shape index (κ1) is 20.5. The number of anilines is 2. The molecule has 0 spiro atoms. The summed E-state index contributed by atoms with van der Waals surface area (Å²) in [6.45, 7) is 14.1. The van der Waals surface area contributed by atoms with Crippen LogP contribution in [0.4, 0.5) is 11.4 Å². The van der Waals surface area contributed by atoms with Gasteiger partial charge in [-0.1, -0.05) is 17.7 Å². The van der Waals surface area contributed by atoms with Crippen molar-refractivity contribution in [3.8, 4) is 0 Å². The highest BCUT2D eigenvalue weighted by molar-refractivity contribution is 6.33. The molecule has 0 saturated carbocycles. The molecule has 2 aromatic carbocycles. The minimum absolute atomic E-state index is 0.280. The summed E-state index contributed by atoms with van der Waals surface area (Å²) >= 11 is 6.59. The minimum atomic E-state index is -0.406. The van der Waals surface area contributed by atoms with Crippen LogP contribution < -0.4 is 9.80 Å². The highest BCUT2D eigenvalue weighted by Crippen LogP contribution is 2.42. The number of halogens is 1. The maximum Gasteiger partial charge on any atom is 0.339 e. The molecule has 5 heteroatoms. The van der Waals surface area contributed by atoms with Gasteiger partial charge < -0.3 is 14.5 Å². The van der Waals surface area contributed by atoms with Gasteiger partial charge in [-0.2, -0.15) is 0 Å². The van der Waals surface area contributed by atoms with Gasteiger partial charge in [0.15, 0.2) is 6.10 Å². The molecule has 0 bridgehead atoms. The van der Waals surface area contributed by atoms with E-state index in [1.54, 1.807) is 0 Å². The van der Waals surface area contributed by atoms with Gasteiger partial charge in [0.25, 0.3) is 0 Å². The maximum atomic E-state index is 12.6. The Bertz CT molecular complexity index is 873. The SMILES string of the molecule is CCN(CC)c1ccc(C2OC(=O)c3cc(N(CC)CC)c(Cl)cc32)c(C)c1. The highest BCUT2D eigenvalue weighted by atomic mass is 35.5. The first-order valence-corrected chi connectivity index (χ1v) is 10.5. The third kappa shape index (κ3) is 3.58. The van der Waals surface area contributed by atoms with E-state index in [4.69, 9.17) is 16.3 Å². The summed E-state index contributed by atoms with van der Waals surface area (Å²) in [5.41, 5.74) is 5.66. The number of esters is 1. The number of hydrogen-bond donors (Lipinski definition) is 0. The van der Waals surface area contributed by atoms with Crippen molar-refractivity contribution in [1.29, 1.82) is 0 Å². The molecule has 150 valence electrons. The molecule has 0 aliphatic carbocycles. The average Bonchev–Trinajstić information content (AvgIpc) is 2.99. The molecule has 1 unspecified atom stereocenters. The second kappa shape index (κ2) is 8.44. The largest absolute Gasteiger partial charge is 0.449 e. The number of carbonyl (C=O) groups excluding carboxylic acids is 1.